The van der Waals surface area contributed by atoms with Crippen LogP contribution in [0.3, 0.4) is 0 Å². The highest BCUT2D eigenvalue weighted by atomic mass is 79.9. The van der Waals surface area contributed by atoms with E-state index in [1.165, 1.54) is 24.0 Å². The molecule has 2 rings (SSSR count). The molecular weight excluding hydrogens is 264 g/mol. The Hall–Kier alpha value is -0.340. The van der Waals surface area contributed by atoms with Gasteiger partial charge in [0.25, 0.3) is 0 Å². The molecule has 1 aliphatic heterocycles. The van der Waals surface area contributed by atoms with Gasteiger partial charge in [-0.15, -0.1) is 0 Å². The number of ether oxygens (including phenoxy) is 1. The predicted octanol–water partition coefficient (Wildman–Crippen LogP) is 3.73. The maximum absolute atomic E-state index is 5.40. The van der Waals surface area contributed by atoms with Crippen LogP contribution in [0.1, 0.15) is 24.0 Å². The molecule has 1 aliphatic rings. The minimum atomic E-state index is 0.595. The lowest BCUT2D eigenvalue weighted by Crippen LogP contribution is -2.25. The lowest BCUT2D eigenvalue weighted by Gasteiger charge is -2.27. The minimum absolute atomic E-state index is 0.595. The van der Waals surface area contributed by atoms with E-state index in [4.69, 9.17) is 4.74 Å². The van der Waals surface area contributed by atoms with Crippen LogP contribution >= 0.6 is 15.9 Å². The SMILES string of the molecule is Cc1ccccc1CC(Br)C1CCOCC1. The average molecular weight is 283 g/mol. The summed E-state index contributed by atoms with van der Waals surface area (Å²) in [5.41, 5.74) is 2.87. The van der Waals surface area contributed by atoms with Crippen molar-refractivity contribution in [3.8, 4) is 0 Å². The quantitative estimate of drug-likeness (QED) is 0.768. The van der Waals surface area contributed by atoms with Crippen LogP contribution in [0.15, 0.2) is 24.3 Å². The molecule has 16 heavy (non-hydrogen) atoms. The van der Waals surface area contributed by atoms with Crippen molar-refractivity contribution in [2.75, 3.05) is 13.2 Å². The molecule has 1 aromatic rings. The summed E-state index contributed by atoms with van der Waals surface area (Å²) in [5.74, 6) is 0.772. The van der Waals surface area contributed by atoms with Gasteiger partial charge in [0.1, 0.15) is 0 Å². The summed E-state index contributed by atoms with van der Waals surface area (Å²) in [5, 5.41) is 0. The molecule has 0 spiro atoms. The molecule has 2 heteroatoms. The second-order valence-corrected chi connectivity index (χ2v) is 5.77. The van der Waals surface area contributed by atoms with Gasteiger partial charge in [-0.2, -0.15) is 0 Å². The predicted molar refractivity (Wildman–Crippen MR) is 71.1 cm³/mol. The average Bonchev–Trinajstić information content (AvgIpc) is 2.33. The van der Waals surface area contributed by atoms with Crippen LogP contribution in [-0.4, -0.2) is 18.0 Å². The molecule has 1 heterocycles. The maximum atomic E-state index is 5.40. The van der Waals surface area contributed by atoms with Gasteiger partial charge in [-0.25, -0.2) is 0 Å². The fraction of sp³-hybridized carbons (Fsp3) is 0.571. The number of alkyl halides is 1. The summed E-state index contributed by atoms with van der Waals surface area (Å²) in [6, 6.07) is 8.67. The minimum Gasteiger partial charge on any atom is -0.381 e. The first kappa shape index (κ1) is 12.1. The number of hydrogen-bond acceptors (Lipinski definition) is 1. The molecular formula is C14H19BrO. The third-order valence-electron chi connectivity index (χ3n) is 3.45. The lowest BCUT2D eigenvalue weighted by molar-refractivity contribution is 0.0662. The highest BCUT2D eigenvalue weighted by Gasteiger charge is 2.22. The summed E-state index contributed by atoms with van der Waals surface area (Å²) in [6.07, 6.45) is 3.53. The van der Waals surface area contributed by atoms with Crippen molar-refractivity contribution in [1.82, 2.24) is 0 Å². The third-order valence-corrected chi connectivity index (χ3v) is 4.53. The molecule has 0 N–H and O–H groups in total. The van der Waals surface area contributed by atoms with E-state index in [2.05, 4.69) is 47.1 Å². The van der Waals surface area contributed by atoms with Gasteiger partial charge in [0.2, 0.25) is 0 Å². The van der Waals surface area contributed by atoms with Gasteiger partial charge in [0.05, 0.1) is 0 Å². The van der Waals surface area contributed by atoms with Gasteiger partial charge >= 0.3 is 0 Å². The van der Waals surface area contributed by atoms with Crippen LogP contribution in [0, 0.1) is 12.8 Å². The first-order valence-electron chi connectivity index (χ1n) is 6.03. The zero-order valence-electron chi connectivity index (χ0n) is 9.79. The van der Waals surface area contributed by atoms with Crippen LogP contribution in [0.2, 0.25) is 0 Å². The summed E-state index contributed by atoms with van der Waals surface area (Å²) >= 11 is 3.85. The Bertz CT molecular complexity index is 331. The van der Waals surface area contributed by atoms with Gasteiger partial charge in [0, 0.05) is 18.0 Å². The van der Waals surface area contributed by atoms with Gasteiger partial charge in [-0.1, -0.05) is 40.2 Å². The summed E-state index contributed by atoms with van der Waals surface area (Å²) in [4.78, 5) is 0.595. The third kappa shape index (κ3) is 3.08. The molecule has 0 radical (unpaired) electrons. The topological polar surface area (TPSA) is 9.23 Å². The van der Waals surface area contributed by atoms with Crippen molar-refractivity contribution in [3.05, 3.63) is 35.4 Å². The van der Waals surface area contributed by atoms with E-state index in [0.29, 0.717) is 4.83 Å². The molecule has 1 fully saturated rings. The molecule has 1 aromatic carbocycles. The van der Waals surface area contributed by atoms with Crippen molar-refractivity contribution >= 4 is 15.9 Å². The summed E-state index contributed by atoms with van der Waals surface area (Å²) in [6.45, 7) is 4.06. The van der Waals surface area contributed by atoms with Crippen molar-refractivity contribution in [2.24, 2.45) is 5.92 Å². The first-order chi connectivity index (χ1) is 7.77. The normalized spacial score (nSPS) is 19.6. The van der Waals surface area contributed by atoms with Crippen molar-refractivity contribution in [2.45, 2.75) is 31.0 Å². The molecule has 0 aromatic heterocycles. The van der Waals surface area contributed by atoms with E-state index in [-0.39, 0.29) is 0 Å². The molecule has 88 valence electrons. The Morgan fingerprint density at radius 1 is 1.31 bits per heavy atom. The van der Waals surface area contributed by atoms with E-state index >= 15 is 0 Å². The van der Waals surface area contributed by atoms with Gasteiger partial charge in [0.15, 0.2) is 0 Å². The van der Waals surface area contributed by atoms with Gasteiger partial charge < -0.3 is 4.74 Å². The number of halogens is 1. The Morgan fingerprint density at radius 3 is 2.69 bits per heavy atom. The van der Waals surface area contributed by atoms with E-state index < -0.39 is 0 Å². The van der Waals surface area contributed by atoms with Crippen molar-refractivity contribution in [1.29, 1.82) is 0 Å². The highest BCUT2D eigenvalue weighted by molar-refractivity contribution is 9.09. The Morgan fingerprint density at radius 2 is 2.00 bits per heavy atom. The zero-order chi connectivity index (χ0) is 11.4. The maximum Gasteiger partial charge on any atom is 0.0469 e. The summed E-state index contributed by atoms with van der Waals surface area (Å²) < 4.78 is 5.40. The number of benzene rings is 1. The molecule has 1 saturated heterocycles. The number of hydrogen-bond donors (Lipinski definition) is 0. The first-order valence-corrected chi connectivity index (χ1v) is 6.95. The molecule has 0 saturated carbocycles. The molecule has 0 aliphatic carbocycles. The largest absolute Gasteiger partial charge is 0.381 e. The van der Waals surface area contributed by atoms with Crippen LogP contribution < -0.4 is 0 Å². The van der Waals surface area contributed by atoms with Crippen molar-refractivity contribution < 1.29 is 4.74 Å². The van der Waals surface area contributed by atoms with Crippen LogP contribution in [-0.2, 0) is 11.2 Å². The van der Waals surface area contributed by atoms with E-state index in [0.717, 1.165) is 25.6 Å². The Balaban J connectivity index is 1.96. The molecule has 1 atom stereocenters. The summed E-state index contributed by atoms with van der Waals surface area (Å²) in [7, 11) is 0. The molecule has 0 amide bonds. The smallest absolute Gasteiger partial charge is 0.0469 e. The van der Waals surface area contributed by atoms with Gasteiger partial charge in [-0.3, -0.25) is 0 Å². The van der Waals surface area contributed by atoms with Crippen LogP contribution in [0.4, 0.5) is 0 Å². The van der Waals surface area contributed by atoms with Crippen LogP contribution in [0.25, 0.3) is 0 Å². The lowest BCUT2D eigenvalue weighted by atomic mass is 9.91. The Kier molecular flexibility index (Phi) is 4.42. The fourth-order valence-electron chi connectivity index (χ4n) is 2.29. The standard InChI is InChI=1S/C14H19BrO/c1-11-4-2-3-5-13(11)10-14(15)12-6-8-16-9-7-12/h2-5,12,14H,6-10H2,1H3. The zero-order valence-corrected chi connectivity index (χ0v) is 11.4. The van der Waals surface area contributed by atoms with Crippen molar-refractivity contribution in [3.63, 3.8) is 0 Å². The van der Waals surface area contributed by atoms with Crippen LogP contribution in [0.5, 0.6) is 0 Å². The monoisotopic (exact) mass is 282 g/mol. The fourth-order valence-corrected chi connectivity index (χ4v) is 3.17. The number of aryl methyl sites for hydroxylation is 1. The van der Waals surface area contributed by atoms with E-state index in [9.17, 15) is 0 Å². The second-order valence-electron chi connectivity index (χ2n) is 4.60. The second kappa shape index (κ2) is 5.83. The highest BCUT2D eigenvalue weighted by Crippen LogP contribution is 2.27. The van der Waals surface area contributed by atoms with E-state index in [1.807, 2.05) is 0 Å². The van der Waals surface area contributed by atoms with E-state index in [1.54, 1.807) is 0 Å². The molecule has 0 bridgehead atoms. The molecule has 1 nitrogen and oxygen atoms in total. The number of rotatable bonds is 3. The molecule has 1 unspecified atom stereocenters. The van der Waals surface area contributed by atoms with Gasteiger partial charge in [-0.05, 0) is 43.2 Å². The Labute approximate surface area is 106 Å².